The first-order valence-corrected chi connectivity index (χ1v) is 5.12. The molecule has 4 heteroatoms. The SMILES string of the molecule is CCn1nccc1C1CC(O)CCO1. The Labute approximate surface area is 83.5 Å². The van der Waals surface area contributed by atoms with Crippen LogP contribution in [0, 0.1) is 0 Å². The molecule has 4 nitrogen and oxygen atoms in total. The lowest BCUT2D eigenvalue weighted by atomic mass is 10.0. The Bertz CT molecular complexity index is 298. The minimum absolute atomic E-state index is 0.0150. The zero-order valence-corrected chi connectivity index (χ0v) is 8.39. The zero-order valence-electron chi connectivity index (χ0n) is 8.39. The number of ether oxygens (including phenoxy) is 1. The summed E-state index contributed by atoms with van der Waals surface area (Å²) in [6, 6.07) is 1.96. The monoisotopic (exact) mass is 196 g/mol. The van der Waals surface area contributed by atoms with E-state index in [1.807, 2.05) is 10.7 Å². The van der Waals surface area contributed by atoms with E-state index < -0.39 is 0 Å². The Morgan fingerprint density at radius 2 is 2.57 bits per heavy atom. The van der Waals surface area contributed by atoms with Crippen molar-refractivity contribution in [3.05, 3.63) is 18.0 Å². The van der Waals surface area contributed by atoms with Crippen LogP contribution in [-0.4, -0.2) is 27.6 Å². The van der Waals surface area contributed by atoms with Gasteiger partial charge in [0, 0.05) is 25.8 Å². The van der Waals surface area contributed by atoms with E-state index in [2.05, 4.69) is 12.0 Å². The molecule has 0 aromatic carbocycles. The number of aliphatic hydroxyl groups is 1. The third-order valence-corrected chi connectivity index (χ3v) is 2.64. The molecule has 2 rings (SSSR count). The van der Waals surface area contributed by atoms with Gasteiger partial charge in [-0.1, -0.05) is 0 Å². The highest BCUT2D eigenvalue weighted by molar-refractivity contribution is 5.06. The van der Waals surface area contributed by atoms with Gasteiger partial charge in [0.15, 0.2) is 0 Å². The molecule has 1 saturated heterocycles. The van der Waals surface area contributed by atoms with E-state index in [0.717, 1.165) is 18.7 Å². The van der Waals surface area contributed by atoms with Gasteiger partial charge in [0.25, 0.3) is 0 Å². The number of nitrogens with zero attached hydrogens (tertiary/aromatic N) is 2. The van der Waals surface area contributed by atoms with E-state index in [-0.39, 0.29) is 12.2 Å². The number of aromatic nitrogens is 2. The number of aryl methyl sites for hydroxylation is 1. The predicted octanol–water partition coefficient (Wildman–Crippen LogP) is 1.12. The minimum atomic E-state index is -0.228. The van der Waals surface area contributed by atoms with Gasteiger partial charge in [-0.15, -0.1) is 0 Å². The van der Waals surface area contributed by atoms with Crippen LogP contribution >= 0.6 is 0 Å². The average Bonchev–Trinajstić information content (AvgIpc) is 2.65. The van der Waals surface area contributed by atoms with Crippen molar-refractivity contribution >= 4 is 0 Å². The van der Waals surface area contributed by atoms with Crippen LogP contribution in [-0.2, 0) is 11.3 Å². The maximum absolute atomic E-state index is 9.53. The molecular weight excluding hydrogens is 180 g/mol. The fraction of sp³-hybridized carbons (Fsp3) is 0.700. The van der Waals surface area contributed by atoms with E-state index in [4.69, 9.17) is 4.74 Å². The standard InChI is InChI=1S/C10H16N2O2/c1-2-12-9(3-5-11-12)10-7-8(13)4-6-14-10/h3,5,8,10,13H,2,4,6-7H2,1H3. The van der Waals surface area contributed by atoms with Crippen LogP contribution in [0.25, 0.3) is 0 Å². The summed E-state index contributed by atoms with van der Waals surface area (Å²) in [6.45, 7) is 3.54. The lowest BCUT2D eigenvalue weighted by molar-refractivity contribution is -0.0484. The predicted molar refractivity (Wildman–Crippen MR) is 51.8 cm³/mol. The molecule has 1 aromatic heterocycles. The van der Waals surface area contributed by atoms with Gasteiger partial charge in [0.05, 0.1) is 11.8 Å². The third kappa shape index (κ3) is 1.81. The lowest BCUT2D eigenvalue weighted by Gasteiger charge is -2.26. The molecule has 0 bridgehead atoms. The maximum atomic E-state index is 9.53. The van der Waals surface area contributed by atoms with Gasteiger partial charge >= 0.3 is 0 Å². The molecule has 0 radical (unpaired) electrons. The van der Waals surface area contributed by atoms with Crippen LogP contribution in [0.2, 0.25) is 0 Å². The molecule has 78 valence electrons. The third-order valence-electron chi connectivity index (χ3n) is 2.64. The van der Waals surface area contributed by atoms with Gasteiger partial charge < -0.3 is 9.84 Å². The number of aliphatic hydroxyl groups excluding tert-OH is 1. The van der Waals surface area contributed by atoms with Gasteiger partial charge in [-0.05, 0) is 19.4 Å². The molecule has 0 spiro atoms. The molecule has 1 aromatic rings. The van der Waals surface area contributed by atoms with Gasteiger partial charge in [-0.2, -0.15) is 5.10 Å². The maximum Gasteiger partial charge on any atom is 0.102 e. The summed E-state index contributed by atoms with van der Waals surface area (Å²) in [7, 11) is 0. The van der Waals surface area contributed by atoms with Crippen LogP contribution in [0.4, 0.5) is 0 Å². The Morgan fingerprint density at radius 3 is 3.29 bits per heavy atom. The van der Waals surface area contributed by atoms with Crippen molar-refractivity contribution in [3.63, 3.8) is 0 Å². The second kappa shape index (κ2) is 4.11. The molecule has 1 aliphatic rings. The first-order valence-electron chi connectivity index (χ1n) is 5.12. The number of rotatable bonds is 2. The van der Waals surface area contributed by atoms with Crippen molar-refractivity contribution in [2.24, 2.45) is 0 Å². The van der Waals surface area contributed by atoms with Crippen molar-refractivity contribution in [3.8, 4) is 0 Å². The van der Waals surface area contributed by atoms with E-state index in [0.29, 0.717) is 13.0 Å². The highest BCUT2D eigenvalue weighted by Crippen LogP contribution is 2.27. The van der Waals surface area contributed by atoms with Gasteiger partial charge in [0.2, 0.25) is 0 Å². The second-order valence-corrected chi connectivity index (χ2v) is 3.61. The molecular formula is C10H16N2O2. The number of hydrogen-bond donors (Lipinski definition) is 1. The van der Waals surface area contributed by atoms with Crippen molar-refractivity contribution < 1.29 is 9.84 Å². The van der Waals surface area contributed by atoms with Crippen LogP contribution < -0.4 is 0 Å². The topological polar surface area (TPSA) is 47.3 Å². The quantitative estimate of drug-likeness (QED) is 0.771. The van der Waals surface area contributed by atoms with Gasteiger partial charge in [0.1, 0.15) is 6.10 Å². The van der Waals surface area contributed by atoms with Crippen LogP contribution in [0.3, 0.4) is 0 Å². The van der Waals surface area contributed by atoms with E-state index in [1.165, 1.54) is 0 Å². The molecule has 0 saturated carbocycles. The highest BCUT2D eigenvalue weighted by atomic mass is 16.5. The zero-order chi connectivity index (χ0) is 9.97. The van der Waals surface area contributed by atoms with Gasteiger partial charge in [-0.3, -0.25) is 4.68 Å². The van der Waals surface area contributed by atoms with Gasteiger partial charge in [-0.25, -0.2) is 0 Å². The number of hydrogen-bond acceptors (Lipinski definition) is 3. The molecule has 2 atom stereocenters. The Morgan fingerprint density at radius 1 is 1.71 bits per heavy atom. The summed E-state index contributed by atoms with van der Waals surface area (Å²) >= 11 is 0. The summed E-state index contributed by atoms with van der Waals surface area (Å²) in [5.74, 6) is 0. The van der Waals surface area contributed by atoms with Crippen molar-refractivity contribution in [1.29, 1.82) is 0 Å². The van der Waals surface area contributed by atoms with Crippen LogP contribution in [0.5, 0.6) is 0 Å². The summed E-state index contributed by atoms with van der Waals surface area (Å²) < 4.78 is 7.53. The normalized spacial score (nSPS) is 27.9. The first-order chi connectivity index (χ1) is 6.81. The summed E-state index contributed by atoms with van der Waals surface area (Å²) in [6.07, 6.45) is 3.00. The summed E-state index contributed by atoms with van der Waals surface area (Å²) in [5.41, 5.74) is 1.08. The summed E-state index contributed by atoms with van der Waals surface area (Å²) in [4.78, 5) is 0. The summed E-state index contributed by atoms with van der Waals surface area (Å²) in [5, 5.41) is 13.7. The molecule has 2 unspecified atom stereocenters. The molecule has 0 amide bonds. The Balaban J connectivity index is 2.13. The fourth-order valence-electron chi connectivity index (χ4n) is 1.87. The minimum Gasteiger partial charge on any atom is -0.393 e. The Kier molecular flexibility index (Phi) is 2.84. The van der Waals surface area contributed by atoms with Crippen molar-refractivity contribution in [1.82, 2.24) is 9.78 Å². The average molecular weight is 196 g/mol. The largest absolute Gasteiger partial charge is 0.393 e. The molecule has 0 aliphatic carbocycles. The molecule has 1 N–H and O–H groups in total. The highest BCUT2D eigenvalue weighted by Gasteiger charge is 2.24. The molecule has 2 heterocycles. The Hall–Kier alpha value is -0.870. The van der Waals surface area contributed by atoms with Crippen molar-refractivity contribution in [2.45, 2.75) is 38.5 Å². The smallest absolute Gasteiger partial charge is 0.102 e. The van der Waals surface area contributed by atoms with Crippen LogP contribution in [0.1, 0.15) is 31.6 Å². The van der Waals surface area contributed by atoms with E-state index in [1.54, 1.807) is 6.20 Å². The second-order valence-electron chi connectivity index (χ2n) is 3.61. The fourth-order valence-corrected chi connectivity index (χ4v) is 1.87. The molecule has 1 fully saturated rings. The van der Waals surface area contributed by atoms with E-state index in [9.17, 15) is 5.11 Å². The molecule has 1 aliphatic heterocycles. The first kappa shape index (κ1) is 9.68. The lowest BCUT2D eigenvalue weighted by Crippen LogP contribution is -2.25. The van der Waals surface area contributed by atoms with Crippen molar-refractivity contribution in [2.75, 3.05) is 6.61 Å². The van der Waals surface area contributed by atoms with Crippen LogP contribution in [0.15, 0.2) is 12.3 Å². The van der Waals surface area contributed by atoms with E-state index >= 15 is 0 Å². The molecule has 14 heavy (non-hydrogen) atoms.